The smallest absolute Gasteiger partial charge is 0.293 e. The molecule has 122 valence electrons. The van der Waals surface area contributed by atoms with E-state index in [1.165, 1.54) is 17.5 Å². The first-order valence-electron chi connectivity index (χ1n) is 7.12. The Morgan fingerprint density at radius 2 is 2.12 bits per heavy atom. The SMILES string of the molecule is C=CN(C)c1ccc(-c2nc3ccc(OC)cc3s2)cc1[N+](=O)[O-]. The van der Waals surface area contributed by atoms with E-state index < -0.39 is 4.92 Å². The summed E-state index contributed by atoms with van der Waals surface area (Å²) >= 11 is 1.47. The highest BCUT2D eigenvalue weighted by Gasteiger charge is 2.18. The molecule has 0 spiro atoms. The van der Waals surface area contributed by atoms with Crippen LogP contribution in [0.5, 0.6) is 5.75 Å². The first kappa shape index (κ1) is 15.9. The van der Waals surface area contributed by atoms with E-state index in [4.69, 9.17) is 4.74 Å². The summed E-state index contributed by atoms with van der Waals surface area (Å²) in [6.45, 7) is 3.64. The lowest BCUT2D eigenvalue weighted by Gasteiger charge is -2.13. The molecule has 0 aliphatic rings. The lowest BCUT2D eigenvalue weighted by Crippen LogP contribution is -2.09. The van der Waals surface area contributed by atoms with Gasteiger partial charge in [-0.25, -0.2) is 4.98 Å². The van der Waals surface area contributed by atoms with Gasteiger partial charge in [-0.15, -0.1) is 11.3 Å². The fraction of sp³-hybridized carbons (Fsp3) is 0.118. The van der Waals surface area contributed by atoms with Crippen LogP contribution in [0.3, 0.4) is 0 Å². The summed E-state index contributed by atoms with van der Waals surface area (Å²) in [5.74, 6) is 0.756. The molecule has 0 bridgehead atoms. The summed E-state index contributed by atoms with van der Waals surface area (Å²) in [5.41, 5.74) is 2.06. The lowest BCUT2D eigenvalue weighted by molar-refractivity contribution is -0.384. The second kappa shape index (κ2) is 6.29. The average Bonchev–Trinajstić information content (AvgIpc) is 3.03. The summed E-state index contributed by atoms with van der Waals surface area (Å²) in [6.07, 6.45) is 1.53. The van der Waals surface area contributed by atoms with Gasteiger partial charge in [0.15, 0.2) is 0 Å². The normalized spacial score (nSPS) is 10.6. The van der Waals surface area contributed by atoms with Crippen LogP contribution in [0.1, 0.15) is 0 Å². The van der Waals surface area contributed by atoms with Crippen LogP contribution in [0.15, 0.2) is 49.2 Å². The van der Waals surface area contributed by atoms with Crippen molar-refractivity contribution in [3.8, 4) is 16.3 Å². The van der Waals surface area contributed by atoms with Crippen LogP contribution in [0, 0.1) is 10.1 Å². The van der Waals surface area contributed by atoms with Gasteiger partial charge in [0.25, 0.3) is 5.69 Å². The van der Waals surface area contributed by atoms with Gasteiger partial charge in [-0.05, 0) is 36.5 Å². The number of aromatic nitrogens is 1. The van der Waals surface area contributed by atoms with E-state index in [1.54, 1.807) is 31.2 Å². The minimum Gasteiger partial charge on any atom is -0.497 e. The van der Waals surface area contributed by atoms with Crippen molar-refractivity contribution in [2.24, 2.45) is 0 Å². The van der Waals surface area contributed by atoms with Crippen molar-refractivity contribution >= 4 is 32.9 Å². The zero-order valence-electron chi connectivity index (χ0n) is 13.2. The van der Waals surface area contributed by atoms with E-state index in [2.05, 4.69) is 11.6 Å². The van der Waals surface area contributed by atoms with E-state index in [0.717, 1.165) is 21.0 Å². The van der Waals surface area contributed by atoms with Crippen molar-refractivity contribution in [2.45, 2.75) is 0 Å². The van der Waals surface area contributed by atoms with E-state index in [1.807, 2.05) is 24.3 Å². The van der Waals surface area contributed by atoms with Crippen molar-refractivity contribution in [1.29, 1.82) is 0 Å². The first-order valence-corrected chi connectivity index (χ1v) is 7.94. The third kappa shape index (κ3) is 2.81. The number of methoxy groups -OCH3 is 1. The van der Waals surface area contributed by atoms with Gasteiger partial charge in [0.2, 0.25) is 0 Å². The zero-order chi connectivity index (χ0) is 17.3. The van der Waals surface area contributed by atoms with Gasteiger partial charge in [0, 0.05) is 18.7 Å². The number of thiazole rings is 1. The predicted octanol–water partition coefficient (Wildman–Crippen LogP) is 4.46. The van der Waals surface area contributed by atoms with Gasteiger partial charge in [-0.3, -0.25) is 10.1 Å². The molecular formula is C17H15N3O3S. The highest BCUT2D eigenvalue weighted by atomic mass is 32.1. The summed E-state index contributed by atoms with van der Waals surface area (Å²) in [5, 5.41) is 12.1. The van der Waals surface area contributed by atoms with E-state index in [0.29, 0.717) is 11.3 Å². The Kier molecular flexibility index (Phi) is 4.18. The molecule has 0 unspecified atom stereocenters. The van der Waals surface area contributed by atoms with Gasteiger partial charge in [0.05, 0.1) is 22.2 Å². The van der Waals surface area contributed by atoms with Crippen LogP contribution in [-0.4, -0.2) is 24.1 Å². The van der Waals surface area contributed by atoms with Crippen molar-refractivity contribution in [3.63, 3.8) is 0 Å². The van der Waals surface area contributed by atoms with Crippen molar-refractivity contribution in [3.05, 3.63) is 59.3 Å². The monoisotopic (exact) mass is 341 g/mol. The largest absolute Gasteiger partial charge is 0.497 e. The summed E-state index contributed by atoms with van der Waals surface area (Å²) in [6, 6.07) is 10.7. The molecule has 0 aliphatic carbocycles. The molecule has 2 aromatic carbocycles. The van der Waals surface area contributed by atoms with Crippen LogP contribution in [0.25, 0.3) is 20.8 Å². The summed E-state index contributed by atoms with van der Waals surface area (Å²) < 4.78 is 6.19. The molecule has 0 amide bonds. The number of hydrogen-bond acceptors (Lipinski definition) is 6. The molecule has 6 nitrogen and oxygen atoms in total. The minimum absolute atomic E-state index is 0.0201. The fourth-order valence-corrected chi connectivity index (χ4v) is 3.35. The van der Waals surface area contributed by atoms with Crippen LogP contribution in [-0.2, 0) is 0 Å². The third-order valence-corrected chi connectivity index (χ3v) is 4.74. The maximum Gasteiger partial charge on any atom is 0.293 e. The molecule has 3 aromatic rings. The topological polar surface area (TPSA) is 68.5 Å². The maximum absolute atomic E-state index is 11.4. The predicted molar refractivity (Wildman–Crippen MR) is 96.9 cm³/mol. The molecule has 0 saturated heterocycles. The second-order valence-electron chi connectivity index (χ2n) is 5.11. The Morgan fingerprint density at radius 3 is 2.79 bits per heavy atom. The van der Waals surface area contributed by atoms with Gasteiger partial charge in [-0.2, -0.15) is 0 Å². The Labute approximate surface area is 142 Å². The Hall–Kier alpha value is -2.93. The molecule has 1 heterocycles. The summed E-state index contributed by atoms with van der Waals surface area (Å²) in [4.78, 5) is 17.2. The molecule has 0 radical (unpaired) electrons. The number of hydrogen-bond donors (Lipinski definition) is 0. The van der Waals surface area contributed by atoms with E-state index in [-0.39, 0.29) is 5.69 Å². The molecule has 1 aromatic heterocycles. The molecule has 0 saturated carbocycles. The quantitative estimate of drug-likeness (QED) is 0.506. The van der Waals surface area contributed by atoms with E-state index >= 15 is 0 Å². The highest BCUT2D eigenvalue weighted by Crippen LogP contribution is 2.36. The van der Waals surface area contributed by atoms with Crippen molar-refractivity contribution in [1.82, 2.24) is 4.98 Å². The zero-order valence-corrected chi connectivity index (χ0v) is 14.0. The average molecular weight is 341 g/mol. The number of nitro benzene ring substituents is 1. The molecule has 0 fully saturated rings. The van der Waals surface area contributed by atoms with Crippen LogP contribution in [0.4, 0.5) is 11.4 Å². The minimum atomic E-state index is -0.394. The summed E-state index contributed by atoms with van der Waals surface area (Å²) in [7, 11) is 3.33. The molecule has 0 atom stereocenters. The number of nitrogens with zero attached hydrogens (tertiary/aromatic N) is 3. The van der Waals surface area contributed by atoms with E-state index in [9.17, 15) is 10.1 Å². The number of ether oxygens (including phenoxy) is 1. The number of anilines is 1. The molecule has 24 heavy (non-hydrogen) atoms. The number of benzene rings is 2. The van der Waals surface area contributed by atoms with Crippen molar-refractivity contribution in [2.75, 3.05) is 19.1 Å². The standard InChI is InChI=1S/C17H15N3O3S/c1-4-19(2)14-8-5-11(9-15(14)20(21)22)17-18-13-7-6-12(23-3)10-16(13)24-17/h4-10H,1H2,2-3H3. The van der Waals surface area contributed by atoms with Gasteiger partial charge in [-0.1, -0.05) is 6.58 Å². The van der Waals surface area contributed by atoms with Gasteiger partial charge < -0.3 is 9.64 Å². The lowest BCUT2D eigenvalue weighted by atomic mass is 10.1. The van der Waals surface area contributed by atoms with Crippen LogP contribution in [0.2, 0.25) is 0 Å². The van der Waals surface area contributed by atoms with Gasteiger partial charge >= 0.3 is 0 Å². The first-order chi connectivity index (χ1) is 11.5. The number of fused-ring (bicyclic) bond motifs is 1. The van der Waals surface area contributed by atoms with Crippen LogP contribution < -0.4 is 9.64 Å². The Balaban J connectivity index is 2.10. The number of nitro groups is 1. The fourth-order valence-electron chi connectivity index (χ4n) is 2.35. The molecule has 0 aliphatic heterocycles. The second-order valence-corrected chi connectivity index (χ2v) is 6.14. The molecule has 7 heteroatoms. The maximum atomic E-state index is 11.4. The Morgan fingerprint density at radius 1 is 1.33 bits per heavy atom. The third-order valence-electron chi connectivity index (χ3n) is 3.67. The highest BCUT2D eigenvalue weighted by molar-refractivity contribution is 7.21. The van der Waals surface area contributed by atoms with Gasteiger partial charge in [0.1, 0.15) is 16.4 Å². The van der Waals surface area contributed by atoms with Crippen molar-refractivity contribution < 1.29 is 9.66 Å². The molecule has 0 N–H and O–H groups in total. The number of rotatable bonds is 5. The molecular weight excluding hydrogens is 326 g/mol. The molecule has 3 rings (SSSR count). The Bertz CT molecular complexity index is 936. The van der Waals surface area contributed by atoms with Crippen LogP contribution >= 0.6 is 11.3 Å².